The molecule has 1 aliphatic carbocycles. The Morgan fingerprint density at radius 1 is 0.806 bits per heavy atom. The van der Waals surface area contributed by atoms with E-state index in [0.29, 0.717) is 17.1 Å². The molecule has 0 aromatic carbocycles. The van der Waals surface area contributed by atoms with Gasteiger partial charge < -0.3 is 14.5 Å². The highest BCUT2D eigenvalue weighted by Gasteiger charge is 2.46. The maximum absolute atomic E-state index is 6.12. The van der Waals surface area contributed by atoms with Crippen molar-refractivity contribution >= 4 is 0 Å². The molecule has 31 heavy (non-hydrogen) atoms. The first kappa shape index (κ1) is 24.0. The largest absolute Gasteiger partial charge is 0.373 e. The van der Waals surface area contributed by atoms with E-state index in [1.165, 1.54) is 97.3 Å². The second-order valence-electron chi connectivity index (χ2n) is 13.3. The monoisotopic (exact) mass is 433 g/mol. The molecule has 0 unspecified atom stereocenters. The van der Waals surface area contributed by atoms with Crippen molar-refractivity contribution in [2.24, 2.45) is 17.3 Å². The molecule has 1 saturated carbocycles. The number of hydrogen-bond donors (Lipinski definition) is 0. The fraction of sp³-hybridized carbons (Fsp3) is 1.00. The lowest BCUT2D eigenvalue weighted by atomic mass is 9.70. The predicted molar refractivity (Wildman–Crippen MR) is 131 cm³/mol. The number of likely N-dealkylation sites (tertiary alicyclic amines) is 3. The molecule has 4 fully saturated rings. The van der Waals surface area contributed by atoms with Gasteiger partial charge in [0.15, 0.2) is 0 Å². The van der Waals surface area contributed by atoms with Crippen LogP contribution >= 0.6 is 0 Å². The van der Waals surface area contributed by atoms with Crippen molar-refractivity contribution in [2.75, 3.05) is 52.4 Å². The lowest BCUT2D eigenvalue weighted by molar-refractivity contribution is -0.116. The maximum Gasteiger partial charge on any atom is 0.0602 e. The summed E-state index contributed by atoms with van der Waals surface area (Å²) in [5, 5.41) is 0. The molecule has 1 spiro atoms. The van der Waals surface area contributed by atoms with Gasteiger partial charge in [-0.3, -0.25) is 4.90 Å². The first-order chi connectivity index (χ1) is 14.6. The molecule has 0 bridgehead atoms. The first-order valence-corrected chi connectivity index (χ1v) is 13.4. The molecule has 4 heteroatoms. The van der Waals surface area contributed by atoms with Crippen molar-refractivity contribution in [2.45, 2.75) is 104 Å². The lowest BCUT2D eigenvalue weighted by Crippen LogP contribution is -2.62. The molecular weight excluding hydrogens is 382 g/mol. The fourth-order valence-corrected chi connectivity index (χ4v) is 6.66. The highest BCUT2D eigenvalue weighted by atomic mass is 16.5. The molecule has 4 nitrogen and oxygen atoms in total. The van der Waals surface area contributed by atoms with Gasteiger partial charge in [-0.15, -0.1) is 0 Å². The zero-order chi connectivity index (χ0) is 22.3. The predicted octanol–water partition coefficient (Wildman–Crippen LogP) is 4.88. The molecule has 0 atom stereocenters. The molecule has 3 heterocycles. The standard InChI is InChI=1S/C27H51N3O/c1-7-26(5,6)30-14-10-27(11-15-30)20-29(21-27)18-22-8-12-28(13-9-22)19-23-16-24(17-23)31-25(2,3)4/h22-24H,7-21H2,1-6H3/t23-,24-. The van der Waals surface area contributed by atoms with Gasteiger partial charge in [0, 0.05) is 31.7 Å². The Morgan fingerprint density at radius 3 is 1.94 bits per heavy atom. The van der Waals surface area contributed by atoms with Crippen molar-refractivity contribution in [1.82, 2.24) is 14.7 Å². The Balaban J connectivity index is 1.09. The number of rotatable bonds is 7. The van der Waals surface area contributed by atoms with E-state index in [1.807, 2.05) is 0 Å². The van der Waals surface area contributed by atoms with Crippen LogP contribution in [0.3, 0.4) is 0 Å². The summed E-state index contributed by atoms with van der Waals surface area (Å²) >= 11 is 0. The van der Waals surface area contributed by atoms with E-state index >= 15 is 0 Å². The van der Waals surface area contributed by atoms with Gasteiger partial charge in [0.1, 0.15) is 0 Å². The summed E-state index contributed by atoms with van der Waals surface area (Å²) in [6.07, 6.45) is 10.0. The van der Waals surface area contributed by atoms with Gasteiger partial charge in [-0.05, 0) is 123 Å². The summed E-state index contributed by atoms with van der Waals surface area (Å²) in [5.41, 5.74) is 1.07. The number of piperidine rings is 2. The highest BCUT2D eigenvalue weighted by Crippen LogP contribution is 2.43. The van der Waals surface area contributed by atoms with Crippen LogP contribution in [0.25, 0.3) is 0 Å². The average Bonchev–Trinajstić information content (AvgIpc) is 2.66. The van der Waals surface area contributed by atoms with Crippen LogP contribution in [-0.2, 0) is 4.74 Å². The van der Waals surface area contributed by atoms with E-state index in [-0.39, 0.29) is 5.60 Å². The topological polar surface area (TPSA) is 19.0 Å². The third-order valence-corrected chi connectivity index (χ3v) is 9.12. The Bertz CT molecular complexity index is 568. The highest BCUT2D eigenvalue weighted by molar-refractivity contribution is 5.00. The minimum absolute atomic E-state index is 0.0204. The Morgan fingerprint density at radius 2 is 1.39 bits per heavy atom. The molecule has 3 aliphatic heterocycles. The molecule has 0 aromatic heterocycles. The van der Waals surface area contributed by atoms with Gasteiger partial charge in [-0.2, -0.15) is 0 Å². The van der Waals surface area contributed by atoms with Crippen LogP contribution in [0.1, 0.15) is 86.5 Å². The summed E-state index contributed by atoms with van der Waals surface area (Å²) in [4.78, 5) is 8.29. The zero-order valence-corrected chi connectivity index (χ0v) is 21.6. The van der Waals surface area contributed by atoms with Gasteiger partial charge in [-0.25, -0.2) is 0 Å². The van der Waals surface area contributed by atoms with Crippen molar-refractivity contribution in [3.8, 4) is 0 Å². The number of hydrogen-bond acceptors (Lipinski definition) is 4. The fourth-order valence-electron chi connectivity index (χ4n) is 6.66. The van der Waals surface area contributed by atoms with Crippen molar-refractivity contribution < 1.29 is 4.74 Å². The lowest BCUT2D eigenvalue weighted by Gasteiger charge is -2.57. The normalized spacial score (nSPS) is 31.5. The van der Waals surface area contributed by atoms with Crippen molar-refractivity contribution in [3.63, 3.8) is 0 Å². The summed E-state index contributed by atoms with van der Waals surface area (Å²) in [6, 6.07) is 0. The van der Waals surface area contributed by atoms with E-state index in [9.17, 15) is 0 Å². The molecule has 4 aliphatic rings. The summed E-state index contributed by atoms with van der Waals surface area (Å²) in [5.74, 6) is 1.81. The number of ether oxygens (including phenoxy) is 1. The molecule has 0 aromatic rings. The van der Waals surface area contributed by atoms with Crippen LogP contribution in [0, 0.1) is 17.3 Å². The van der Waals surface area contributed by atoms with E-state index in [0.717, 1.165) is 11.8 Å². The molecule has 4 rings (SSSR count). The Kier molecular flexibility index (Phi) is 7.14. The summed E-state index contributed by atoms with van der Waals surface area (Å²) < 4.78 is 6.12. The molecule has 0 radical (unpaired) electrons. The van der Waals surface area contributed by atoms with Gasteiger partial charge in [0.05, 0.1) is 11.7 Å². The van der Waals surface area contributed by atoms with Crippen LogP contribution in [0.2, 0.25) is 0 Å². The van der Waals surface area contributed by atoms with Crippen LogP contribution in [0.5, 0.6) is 0 Å². The zero-order valence-electron chi connectivity index (χ0n) is 21.6. The van der Waals surface area contributed by atoms with Crippen LogP contribution < -0.4 is 0 Å². The van der Waals surface area contributed by atoms with Gasteiger partial charge >= 0.3 is 0 Å². The minimum Gasteiger partial charge on any atom is -0.373 e. The van der Waals surface area contributed by atoms with Crippen molar-refractivity contribution in [3.05, 3.63) is 0 Å². The molecule has 0 amide bonds. The van der Waals surface area contributed by atoms with E-state index in [4.69, 9.17) is 4.74 Å². The maximum atomic E-state index is 6.12. The van der Waals surface area contributed by atoms with Crippen LogP contribution in [0.15, 0.2) is 0 Å². The Hall–Kier alpha value is -0.160. The molecular formula is C27H51N3O. The smallest absolute Gasteiger partial charge is 0.0602 e. The third-order valence-electron chi connectivity index (χ3n) is 9.12. The Labute approximate surface area is 193 Å². The van der Waals surface area contributed by atoms with E-state index < -0.39 is 0 Å². The van der Waals surface area contributed by atoms with E-state index in [2.05, 4.69) is 56.2 Å². The average molecular weight is 434 g/mol. The summed E-state index contributed by atoms with van der Waals surface area (Å²) in [6.45, 7) is 24.5. The van der Waals surface area contributed by atoms with Crippen LogP contribution in [0.4, 0.5) is 0 Å². The van der Waals surface area contributed by atoms with Gasteiger partial charge in [0.25, 0.3) is 0 Å². The minimum atomic E-state index is 0.0204. The third kappa shape index (κ3) is 6.05. The van der Waals surface area contributed by atoms with E-state index in [1.54, 1.807) is 0 Å². The molecule has 3 saturated heterocycles. The quantitative estimate of drug-likeness (QED) is 0.570. The van der Waals surface area contributed by atoms with Gasteiger partial charge in [-0.1, -0.05) is 6.92 Å². The van der Waals surface area contributed by atoms with Gasteiger partial charge in [0.2, 0.25) is 0 Å². The molecule has 0 N–H and O–H groups in total. The molecule has 180 valence electrons. The SMILES string of the molecule is CCC(C)(C)N1CCC2(CC1)CN(CC1CCN(C[C@H]3C[C@H](OC(C)(C)C)C3)CC1)C2. The second-order valence-corrected chi connectivity index (χ2v) is 13.3. The van der Waals surface area contributed by atoms with Crippen LogP contribution in [-0.4, -0.2) is 84.3 Å². The first-order valence-electron chi connectivity index (χ1n) is 13.4. The number of nitrogens with zero attached hydrogens (tertiary/aromatic N) is 3. The summed E-state index contributed by atoms with van der Waals surface area (Å²) in [7, 11) is 0. The second kappa shape index (κ2) is 9.24. The van der Waals surface area contributed by atoms with Crippen molar-refractivity contribution in [1.29, 1.82) is 0 Å².